The van der Waals surface area contributed by atoms with Crippen LogP contribution >= 0.6 is 0 Å². The maximum Gasteiger partial charge on any atom is 0.137 e. The molecule has 0 bridgehead atoms. The minimum Gasteiger partial charge on any atom is -0.385 e. The standard InChI is InChI=1S/C20H23N3/c1-2-4-15(5-3-1)14-23-17-8-6-16(7-9-17)18-10-12-21-20-19(18)11-13-22-20/h6-13,15,23H,1-5,14H2,(H,21,22). The van der Waals surface area contributed by atoms with Crippen molar-refractivity contribution in [3.8, 4) is 11.1 Å². The molecule has 0 amide bonds. The highest BCUT2D eigenvalue weighted by molar-refractivity contribution is 5.92. The molecule has 2 N–H and O–H groups in total. The van der Waals surface area contributed by atoms with Crippen LogP contribution in [0.3, 0.4) is 0 Å². The minimum atomic E-state index is 0.850. The van der Waals surface area contributed by atoms with Gasteiger partial charge in [0.15, 0.2) is 0 Å². The maximum absolute atomic E-state index is 4.36. The molecule has 0 saturated heterocycles. The number of hydrogen-bond acceptors (Lipinski definition) is 2. The molecule has 1 aliphatic carbocycles. The summed E-state index contributed by atoms with van der Waals surface area (Å²) in [4.78, 5) is 7.53. The van der Waals surface area contributed by atoms with Gasteiger partial charge >= 0.3 is 0 Å². The zero-order valence-corrected chi connectivity index (χ0v) is 13.4. The van der Waals surface area contributed by atoms with Gasteiger partial charge < -0.3 is 10.3 Å². The molecular weight excluding hydrogens is 282 g/mol. The van der Waals surface area contributed by atoms with E-state index in [4.69, 9.17) is 0 Å². The summed E-state index contributed by atoms with van der Waals surface area (Å²) in [7, 11) is 0. The van der Waals surface area contributed by atoms with Gasteiger partial charge in [-0.25, -0.2) is 4.98 Å². The average Bonchev–Trinajstić information content (AvgIpc) is 3.10. The summed E-state index contributed by atoms with van der Waals surface area (Å²) < 4.78 is 0. The summed E-state index contributed by atoms with van der Waals surface area (Å²) in [5.74, 6) is 0.850. The normalized spacial score (nSPS) is 15.8. The third-order valence-electron chi connectivity index (χ3n) is 4.98. The van der Waals surface area contributed by atoms with Crippen molar-refractivity contribution in [2.45, 2.75) is 32.1 Å². The molecule has 1 aliphatic rings. The van der Waals surface area contributed by atoms with Crippen LogP contribution in [0.25, 0.3) is 22.2 Å². The number of nitrogens with one attached hydrogen (secondary N) is 2. The molecule has 3 heteroatoms. The van der Waals surface area contributed by atoms with Crippen LogP contribution in [0.2, 0.25) is 0 Å². The molecule has 23 heavy (non-hydrogen) atoms. The highest BCUT2D eigenvalue weighted by Crippen LogP contribution is 2.28. The lowest BCUT2D eigenvalue weighted by Crippen LogP contribution is -2.16. The fraction of sp³-hybridized carbons (Fsp3) is 0.350. The molecule has 0 aliphatic heterocycles. The van der Waals surface area contributed by atoms with E-state index in [0.29, 0.717) is 0 Å². The number of aromatic nitrogens is 2. The average molecular weight is 305 g/mol. The second-order valence-electron chi connectivity index (χ2n) is 6.56. The van der Waals surface area contributed by atoms with Gasteiger partial charge in [0.05, 0.1) is 0 Å². The first-order valence-corrected chi connectivity index (χ1v) is 8.66. The fourth-order valence-corrected chi connectivity index (χ4v) is 3.63. The van der Waals surface area contributed by atoms with Crippen molar-refractivity contribution in [2.24, 2.45) is 5.92 Å². The van der Waals surface area contributed by atoms with Crippen LogP contribution in [0.5, 0.6) is 0 Å². The Morgan fingerprint density at radius 2 is 1.83 bits per heavy atom. The highest BCUT2D eigenvalue weighted by Gasteiger charge is 2.12. The number of aromatic amines is 1. The van der Waals surface area contributed by atoms with E-state index in [0.717, 1.165) is 18.1 Å². The lowest BCUT2D eigenvalue weighted by molar-refractivity contribution is 0.373. The van der Waals surface area contributed by atoms with Gasteiger partial charge in [0.25, 0.3) is 0 Å². The summed E-state index contributed by atoms with van der Waals surface area (Å²) in [6.45, 7) is 1.11. The number of rotatable bonds is 4. The molecule has 3 aromatic rings. The van der Waals surface area contributed by atoms with Gasteiger partial charge in [-0.2, -0.15) is 0 Å². The molecule has 3 nitrogen and oxygen atoms in total. The van der Waals surface area contributed by atoms with E-state index in [-0.39, 0.29) is 0 Å². The summed E-state index contributed by atoms with van der Waals surface area (Å²) in [6, 6.07) is 13.0. The molecule has 1 aromatic carbocycles. The molecule has 0 spiro atoms. The zero-order chi connectivity index (χ0) is 15.5. The molecule has 4 rings (SSSR count). The molecule has 0 atom stereocenters. The largest absolute Gasteiger partial charge is 0.385 e. The third-order valence-corrected chi connectivity index (χ3v) is 4.98. The topological polar surface area (TPSA) is 40.7 Å². The second-order valence-corrected chi connectivity index (χ2v) is 6.56. The molecule has 118 valence electrons. The number of H-pyrrole nitrogens is 1. The predicted octanol–water partition coefficient (Wildman–Crippen LogP) is 5.22. The Hall–Kier alpha value is -2.29. The smallest absolute Gasteiger partial charge is 0.137 e. The molecule has 1 fully saturated rings. The van der Waals surface area contributed by atoms with Crippen LogP contribution in [-0.2, 0) is 0 Å². The molecule has 0 unspecified atom stereocenters. The Bertz CT molecular complexity index is 767. The SMILES string of the molecule is c1cc(-c2ccc(NCC3CCCCC3)cc2)c2cc[nH]c2n1. The van der Waals surface area contributed by atoms with Gasteiger partial charge in [0.2, 0.25) is 0 Å². The Kier molecular flexibility index (Phi) is 4.01. The van der Waals surface area contributed by atoms with Gasteiger partial charge in [0, 0.05) is 30.0 Å². The number of fused-ring (bicyclic) bond motifs is 1. The van der Waals surface area contributed by atoms with Crippen molar-refractivity contribution < 1.29 is 0 Å². The van der Waals surface area contributed by atoms with Gasteiger partial charge in [-0.05, 0) is 54.2 Å². The van der Waals surface area contributed by atoms with Gasteiger partial charge in [-0.1, -0.05) is 31.4 Å². The van der Waals surface area contributed by atoms with E-state index in [9.17, 15) is 0 Å². The van der Waals surface area contributed by atoms with E-state index in [2.05, 4.69) is 51.7 Å². The van der Waals surface area contributed by atoms with Crippen molar-refractivity contribution >= 4 is 16.7 Å². The van der Waals surface area contributed by atoms with Crippen LogP contribution < -0.4 is 5.32 Å². The number of anilines is 1. The summed E-state index contributed by atoms with van der Waals surface area (Å²) in [5.41, 5.74) is 4.64. The summed E-state index contributed by atoms with van der Waals surface area (Å²) in [5, 5.41) is 4.78. The highest BCUT2D eigenvalue weighted by atomic mass is 14.9. The van der Waals surface area contributed by atoms with Crippen LogP contribution in [0.15, 0.2) is 48.8 Å². The lowest BCUT2D eigenvalue weighted by atomic mass is 9.89. The summed E-state index contributed by atoms with van der Waals surface area (Å²) >= 11 is 0. The Labute approximate surface area is 137 Å². The van der Waals surface area contributed by atoms with E-state index in [1.807, 2.05) is 12.4 Å². The number of pyridine rings is 1. The van der Waals surface area contributed by atoms with Crippen molar-refractivity contribution in [1.82, 2.24) is 9.97 Å². The van der Waals surface area contributed by atoms with Gasteiger partial charge in [-0.15, -0.1) is 0 Å². The van der Waals surface area contributed by atoms with E-state index in [1.54, 1.807) is 0 Å². The van der Waals surface area contributed by atoms with Crippen molar-refractivity contribution in [3.63, 3.8) is 0 Å². The maximum atomic E-state index is 4.36. The molecule has 2 heterocycles. The van der Waals surface area contributed by atoms with Gasteiger partial charge in [0.1, 0.15) is 5.65 Å². The van der Waals surface area contributed by atoms with E-state index in [1.165, 1.54) is 54.3 Å². The Morgan fingerprint density at radius 1 is 1.00 bits per heavy atom. The number of benzene rings is 1. The quantitative estimate of drug-likeness (QED) is 0.693. The first-order chi connectivity index (χ1) is 11.4. The van der Waals surface area contributed by atoms with Crippen molar-refractivity contribution in [1.29, 1.82) is 0 Å². The molecule has 2 aromatic heterocycles. The third kappa shape index (κ3) is 3.09. The van der Waals surface area contributed by atoms with E-state index < -0.39 is 0 Å². The van der Waals surface area contributed by atoms with Crippen LogP contribution in [0.4, 0.5) is 5.69 Å². The van der Waals surface area contributed by atoms with Gasteiger partial charge in [-0.3, -0.25) is 0 Å². The molecular formula is C20H23N3. The zero-order valence-electron chi connectivity index (χ0n) is 13.4. The monoisotopic (exact) mass is 305 g/mol. The molecule has 1 saturated carbocycles. The predicted molar refractivity (Wildman–Crippen MR) is 96.6 cm³/mol. The second kappa shape index (κ2) is 6.45. The number of hydrogen-bond donors (Lipinski definition) is 2. The first kappa shape index (κ1) is 14.3. The van der Waals surface area contributed by atoms with Crippen LogP contribution in [-0.4, -0.2) is 16.5 Å². The minimum absolute atomic E-state index is 0.850. The fourth-order valence-electron chi connectivity index (χ4n) is 3.63. The Balaban J connectivity index is 1.48. The lowest BCUT2D eigenvalue weighted by Gasteiger charge is -2.22. The number of nitrogens with zero attached hydrogens (tertiary/aromatic N) is 1. The van der Waals surface area contributed by atoms with Crippen molar-refractivity contribution in [3.05, 3.63) is 48.8 Å². The Morgan fingerprint density at radius 3 is 2.65 bits per heavy atom. The van der Waals surface area contributed by atoms with Crippen LogP contribution in [0, 0.1) is 5.92 Å². The van der Waals surface area contributed by atoms with Crippen molar-refractivity contribution in [2.75, 3.05) is 11.9 Å². The first-order valence-electron chi connectivity index (χ1n) is 8.66. The summed E-state index contributed by atoms with van der Waals surface area (Å²) in [6.07, 6.45) is 10.8. The molecule has 0 radical (unpaired) electrons. The van der Waals surface area contributed by atoms with Crippen LogP contribution in [0.1, 0.15) is 32.1 Å². The van der Waals surface area contributed by atoms with E-state index >= 15 is 0 Å².